The lowest BCUT2D eigenvalue weighted by molar-refractivity contribution is 0.226. The first-order valence-electron chi connectivity index (χ1n) is 6.34. The van der Waals surface area contributed by atoms with E-state index in [1.54, 1.807) is 0 Å². The Morgan fingerprint density at radius 2 is 2.25 bits per heavy atom. The number of ether oxygens (including phenoxy) is 1. The van der Waals surface area contributed by atoms with Crippen LogP contribution in [0.3, 0.4) is 0 Å². The number of benzene rings is 1. The van der Waals surface area contributed by atoms with Crippen molar-refractivity contribution in [1.82, 2.24) is 5.32 Å². The van der Waals surface area contributed by atoms with Gasteiger partial charge in [-0.25, -0.2) is 0 Å². The molecule has 16 heavy (non-hydrogen) atoms. The van der Waals surface area contributed by atoms with E-state index in [1.165, 1.54) is 18.4 Å². The van der Waals surface area contributed by atoms with Gasteiger partial charge in [-0.3, -0.25) is 0 Å². The quantitative estimate of drug-likeness (QED) is 0.836. The summed E-state index contributed by atoms with van der Waals surface area (Å²) in [6, 6.07) is 9.13. The third kappa shape index (κ3) is 1.94. The molecule has 0 saturated heterocycles. The molecule has 86 valence electrons. The highest BCUT2D eigenvalue weighted by molar-refractivity contribution is 5.37. The summed E-state index contributed by atoms with van der Waals surface area (Å²) in [4.78, 5) is 0. The zero-order chi connectivity index (χ0) is 11.0. The molecule has 1 aromatic carbocycles. The van der Waals surface area contributed by atoms with Crippen LogP contribution in [0.1, 0.15) is 25.3 Å². The maximum atomic E-state index is 5.89. The van der Waals surface area contributed by atoms with E-state index in [0.29, 0.717) is 6.10 Å². The SMILES string of the molecule is CCC1CC1NCC1Cc2ccccc2O1. The summed E-state index contributed by atoms with van der Waals surface area (Å²) in [5, 5.41) is 3.61. The Bertz CT molecular complexity index is 352. The Morgan fingerprint density at radius 1 is 1.38 bits per heavy atom. The third-order valence-corrected chi connectivity index (χ3v) is 3.77. The molecule has 0 bridgehead atoms. The molecule has 2 heteroatoms. The van der Waals surface area contributed by atoms with Crippen molar-refractivity contribution in [2.75, 3.05) is 6.54 Å². The first kappa shape index (κ1) is 10.2. The van der Waals surface area contributed by atoms with E-state index in [1.807, 2.05) is 6.07 Å². The lowest BCUT2D eigenvalue weighted by Gasteiger charge is -2.11. The summed E-state index contributed by atoms with van der Waals surface area (Å²) in [5.41, 5.74) is 1.36. The van der Waals surface area contributed by atoms with Crippen molar-refractivity contribution in [3.8, 4) is 5.75 Å². The van der Waals surface area contributed by atoms with E-state index in [0.717, 1.165) is 30.7 Å². The van der Waals surface area contributed by atoms with Gasteiger partial charge in [-0.05, 0) is 24.0 Å². The molecule has 1 fully saturated rings. The highest BCUT2D eigenvalue weighted by Gasteiger charge is 2.35. The Balaban J connectivity index is 1.49. The minimum Gasteiger partial charge on any atom is -0.488 e. The number of hydrogen-bond acceptors (Lipinski definition) is 2. The molecular weight excluding hydrogens is 198 g/mol. The van der Waals surface area contributed by atoms with Gasteiger partial charge in [0, 0.05) is 19.0 Å². The van der Waals surface area contributed by atoms with Gasteiger partial charge in [-0.2, -0.15) is 0 Å². The third-order valence-electron chi connectivity index (χ3n) is 3.77. The van der Waals surface area contributed by atoms with Gasteiger partial charge < -0.3 is 10.1 Å². The first-order valence-corrected chi connectivity index (χ1v) is 6.34. The van der Waals surface area contributed by atoms with Crippen molar-refractivity contribution < 1.29 is 4.74 Å². The smallest absolute Gasteiger partial charge is 0.123 e. The van der Waals surface area contributed by atoms with E-state index in [4.69, 9.17) is 4.74 Å². The second-order valence-electron chi connectivity index (χ2n) is 4.97. The van der Waals surface area contributed by atoms with Crippen molar-refractivity contribution in [2.24, 2.45) is 5.92 Å². The maximum Gasteiger partial charge on any atom is 0.123 e. The van der Waals surface area contributed by atoms with Crippen molar-refractivity contribution in [2.45, 2.75) is 38.3 Å². The van der Waals surface area contributed by atoms with Gasteiger partial charge >= 0.3 is 0 Å². The van der Waals surface area contributed by atoms with E-state index < -0.39 is 0 Å². The van der Waals surface area contributed by atoms with Gasteiger partial charge in [0.05, 0.1) is 0 Å². The highest BCUT2D eigenvalue weighted by atomic mass is 16.5. The number of hydrogen-bond donors (Lipinski definition) is 1. The second-order valence-corrected chi connectivity index (χ2v) is 4.97. The molecule has 1 saturated carbocycles. The molecule has 2 aliphatic rings. The Morgan fingerprint density at radius 3 is 3.00 bits per heavy atom. The zero-order valence-electron chi connectivity index (χ0n) is 9.78. The van der Waals surface area contributed by atoms with Crippen LogP contribution in [0.4, 0.5) is 0 Å². The molecule has 3 rings (SSSR count). The van der Waals surface area contributed by atoms with Crippen LogP contribution >= 0.6 is 0 Å². The summed E-state index contributed by atoms with van der Waals surface area (Å²) >= 11 is 0. The molecule has 1 N–H and O–H groups in total. The molecule has 1 heterocycles. The Kier molecular flexibility index (Phi) is 2.60. The van der Waals surface area contributed by atoms with Gasteiger partial charge in [-0.1, -0.05) is 31.5 Å². The predicted molar refractivity (Wildman–Crippen MR) is 64.8 cm³/mol. The normalized spacial score (nSPS) is 30.9. The molecule has 1 aliphatic carbocycles. The van der Waals surface area contributed by atoms with E-state index in [2.05, 4.69) is 30.4 Å². The minimum atomic E-state index is 0.343. The van der Waals surface area contributed by atoms with E-state index >= 15 is 0 Å². The van der Waals surface area contributed by atoms with Crippen molar-refractivity contribution in [3.63, 3.8) is 0 Å². The summed E-state index contributed by atoms with van der Waals surface area (Å²) in [6.07, 6.45) is 4.07. The van der Waals surface area contributed by atoms with E-state index in [9.17, 15) is 0 Å². The molecule has 0 spiro atoms. The zero-order valence-corrected chi connectivity index (χ0v) is 9.78. The first-order chi connectivity index (χ1) is 7.86. The summed E-state index contributed by atoms with van der Waals surface area (Å²) in [6.45, 7) is 3.27. The predicted octanol–water partition coefficient (Wildman–Crippen LogP) is 2.38. The average Bonchev–Trinajstić information content (AvgIpc) is 2.95. The fourth-order valence-corrected chi connectivity index (χ4v) is 2.60. The van der Waals surface area contributed by atoms with Crippen molar-refractivity contribution in [1.29, 1.82) is 0 Å². The average molecular weight is 217 g/mol. The summed E-state index contributed by atoms with van der Waals surface area (Å²) in [7, 11) is 0. The Labute approximate surface area is 97.0 Å². The highest BCUT2D eigenvalue weighted by Crippen LogP contribution is 2.33. The van der Waals surface area contributed by atoms with Gasteiger partial charge in [-0.15, -0.1) is 0 Å². The molecule has 0 radical (unpaired) electrons. The van der Waals surface area contributed by atoms with Crippen LogP contribution in [0.5, 0.6) is 5.75 Å². The largest absolute Gasteiger partial charge is 0.488 e. The molecule has 0 amide bonds. The summed E-state index contributed by atoms with van der Waals surface area (Å²) < 4.78 is 5.89. The second kappa shape index (κ2) is 4.10. The van der Waals surface area contributed by atoms with Crippen LogP contribution in [-0.2, 0) is 6.42 Å². The Hall–Kier alpha value is -1.02. The molecule has 3 unspecified atom stereocenters. The van der Waals surface area contributed by atoms with Crippen LogP contribution < -0.4 is 10.1 Å². The lowest BCUT2D eigenvalue weighted by Crippen LogP contribution is -2.32. The summed E-state index contributed by atoms with van der Waals surface area (Å²) in [5.74, 6) is 2.00. The monoisotopic (exact) mass is 217 g/mol. The number of fused-ring (bicyclic) bond motifs is 1. The van der Waals surface area contributed by atoms with Crippen molar-refractivity contribution in [3.05, 3.63) is 29.8 Å². The molecule has 0 aromatic heterocycles. The van der Waals surface area contributed by atoms with Crippen molar-refractivity contribution >= 4 is 0 Å². The van der Waals surface area contributed by atoms with Crippen LogP contribution in [0.15, 0.2) is 24.3 Å². The molecule has 3 atom stereocenters. The number of para-hydroxylation sites is 1. The van der Waals surface area contributed by atoms with Crippen LogP contribution in [0.25, 0.3) is 0 Å². The number of nitrogens with one attached hydrogen (secondary N) is 1. The fourth-order valence-electron chi connectivity index (χ4n) is 2.60. The fraction of sp³-hybridized carbons (Fsp3) is 0.571. The van der Waals surface area contributed by atoms with Gasteiger partial charge in [0.1, 0.15) is 11.9 Å². The maximum absolute atomic E-state index is 5.89. The molecule has 1 aliphatic heterocycles. The minimum absolute atomic E-state index is 0.343. The van der Waals surface area contributed by atoms with Gasteiger partial charge in [0.2, 0.25) is 0 Å². The van der Waals surface area contributed by atoms with Gasteiger partial charge in [0.25, 0.3) is 0 Å². The standard InChI is InChI=1S/C14H19NO/c1-2-10-8-13(10)15-9-12-7-11-5-3-4-6-14(11)16-12/h3-6,10,12-13,15H,2,7-9H2,1H3. The lowest BCUT2D eigenvalue weighted by atomic mass is 10.1. The van der Waals surface area contributed by atoms with Gasteiger partial charge in [0.15, 0.2) is 0 Å². The molecular formula is C14H19NO. The molecule has 2 nitrogen and oxygen atoms in total. The number of rotatable bonds is 4. The van der Waals surface area contributed by atoms with Crippen LogP contribution in [0.2, 0.25) is 0 Å². The molecule has 1 aromatic rings. The topological polar surface area (TPSA) is 21.3 Å². The van der Waals surface area contributed by atoms with Crippen LogP contribution in [0, 0.1) is 5.92 Å². The van der Waals surface area contributed by atoms with E-state index in [-0.39, 0.29) is 0 Å². The van der Waals surface area contributed by atoms with Crippen LogP contribution in [-0.4, -0.2) is 18.7 Å².